The van der Waals surface area contributed by atoms with Crippen LogP contribution in [0.5, 0.6) is 0 Å². The van der Waals surface area contributed by atoms with Gasteiger partial charge in [-0.05, 0) is 18.6 Å². The van der Waals surface area contributed by atoms with Crippen LogP contribution in [0.4, 0.5) is 11.4 Å². The molecule has 0 aliphatic rings. The Hall–Kier alpha value is -2.64. The first kappa shape index (κ1) is 16.4. The number of nitrogens with zero attached hydrogens (tertiary/aromatic N) is 1. The van der Waals surface area contributed by atoms with Gasteiger partial charge in [-0.1, -0.05) is 6.92 Å². The fourth-order valence-electron chi connectivity index (χ4n) is 1.65. The Morgan fingerprint density at radius 1 is 1.33 bits per heavy atom. The summed E-state index contributed by atoms with van der Waals surface area (Å²) in [5.41, 5.74) is 5.26. The van der Waals surface area contributed by atoms with Gasteiger partial charge in [-0.15, -0.1) is 0 Å². The molecule has 8 nitrogen and oxygen atoms in total. The molecule has 1 aromatic carbocycles. The lowest BCUT2D eigenvalue weighted by Gasteiger charge is -2.08. The van der Waals surface area contributed by atoms with E-state index in [9.17, 15) is 19.7 Å². The van der Waals surface area contributed by atoms with E-state index in [1.165, 1.54) is 12.1 Å². The Balaban J connectivity index is 2.91. The number of amides is 2. The molecule has 0 spiro atoms. The molecule has 8 heteroatoms. The van der Waals surface area contributed by atoms with Crippen molar-refractivity contribution >= 4 is 23.2 Å². The van der Waals surface area contributed by atoms with E-state index in [-0.39, 0.29) is 24.2 Å². The van der Waals surface area contributed by atoms with Crippen molar-refractivity contribution in [2.45, 2.75) is 19.8 Å². The summed E-state index contributed by atoms with van der Waals surface area (Å²) in [5.74, 6) is -1.16. The quantitative estimate of drug-likeness (QED) is 0.487. The number of carbonyl (C=O) groups is 2. The van der Waals surface area contributed by atoms with Crippen LogP contribution < -0.4 is 16.4 Å². The van der Waals surface area contributed by atoms with Crippen molar-refractivity contribution in [3.8, 4) is 0 Å². The molecule has 1 aromatic rings. The number of anilines is 1. The van der Waals surface area contributed by atoms with Gasteiger partial charge in [0.15, 0.2) is 0 Å². The van der Waals surface area contributed by atoms with Crippen molar-refractivity contribution in [2.24, 2.45) is 5.73 Å². The van der Waals surface area contributed by atoms with Crippen molar-refractivity contribution < 1.29 is 14.5 Å². The zero-order chi connectivity index (χ0) is 15.8. The van der Waals surface area contributed by atoms with Crippen LogP contribution in [0.1, 0.15) is 30.1 Å². The fraction of sp³-hybridized carbons (Fsp3) is 0.385. The highest BCUT2D eigenvalue weighted by Crippen LogP contribution is 2.22. The van der Waals surface area contributed by atoms with Crippen LogP contribution in [-0.2, 0) is 4.79 Å². The number of benzene rings is 1. The molecule has 0 fully saturated rings. The topological polar surface area (TPSA) is 127 Å². The molecule has 0 aromatic heterocycles. The smallest absolute Gasteiger partial charge is 0.282 e. The van der Waals surface area contributed by atoms with Crippen LogP contribution in [0, 0.1) is 10.1 Å². The second-order valence-electron chi connectivity index (χ2n) is 4.39. The number of nitrogens with two attached hydrogens (primary N) is 1. The highest BCUT2D eigenvalue weighted by molar-refractivity contribution is 5.99. The van der Waals surface area contributed by atoms with E-state index in [0.717, 1.165) is 6.42 Å². The first-order valence-electron chi connectivity index (χ1n) is 6.54. The molecule has 0 saturated heterocycles. The van der Waals surface area contributed by atoms with Gasteiger partial charge in [0.2, 0.25) is 5.91 Å². The monoisotopic (exact) mass is 294 g/mol. The van der Waals surface area contributed by atoms with E-state index >= 15 is 0 Å². The second-order valence-corrected chi connectivity index (χ2v) is 4.39. The van der Waals surface area contributed by atoms with Gasteiger partial charge in [0.25, 0.3) is 11.6 Å². The predicted octanol–water partition coefficient (Wildman–Crippen LogP) is 1.02. The lowest BCUT2D eigenvalue weighted by molar-refractivity contribution is -0.385. The standard InChI is InChI=1S/C13H18N4O4/c1-2-6-15-9-3-4-11(17(20)21)10(8-9)13(19)16-7-5-12(14)18/h3-4,8,15H,2,5-7H2,1H3,(H2,14,18)(H,16,19). The van der Waals surface area contributed by atoms with E-state index in [2.05, 4.69) is 10.6 Å². The largest absolute Gasteiger partial charge is 0.385 e. The van der Waals surface area contributed by atoms with Crippen LogP contribution in [0.15, 0.2) is 18.2 Å². The maximum absolute atomic E-state index is 12.0. The number of nitro groups is 1. The maximum atomic E-state index is 12.0. The minimum Gasteiger partial charge on any atom is -0.385 e. The van der Waals surface area contributed by atoms with Crippen LogP contribution in [-0.4, -0.2) is 29.8 Å². The molecule has 0 saturated carbocycles. The predicted molar refractivity (Wildman–Crippen MR) is 78.0 cm³/mol. The van der Waals surface area contributed by atoms with E-state index in [0.29, 0.717) is 12.2 Å². The maximum Gasteiger partial charge on any atom is 0.282 e. The zero-order valence-electron chi connectivity index (χ0n) is 11.7. The number of primary amides is 1. The van der Waals surface area contributed by atoms with Gasteiger partial charge in [-0.25, -0.2) is 0 Å². The molecule has 0 aliphatic carbocycles. The summed E-state index contributed by atoms with van der Waals surface area (Å²) >= 11 is 0. The second kappa shape index (κ2) is 7.83. The number of carbonyl (C=O) groups excluding carboxylic acids is 2. The highest BCUT2D eigenvalue weighted by atomic mass is 16.6. The SMILES string of the molecule is CCCNc1ccc([N+](=O)[O-])c(C(=O)NCCC(N)=O)c1. The summed E-state index contributed by atoms with van der Waals surface area (Å²) in [4.78, 5) is 32.9. The molecule has 1 rings (SSSR count). The van der Waals surface area contributed by atoms with Crippen LogP contribution in [0.2, 0.25) is 0 Å². The van der Waals surface area contributed by atoms with Crippen molar-refractivity contribution in [2.75, 3.05) is 18.4 Å². The lowest BCUT2D eigenvalue weighted by Crippen LogP contribution is -2.28. The van der Waals surface area contributed by atoms with E-state index < -0.39 is 16.7 Å². The molecular weight excluding hydrogens is 276 g/mol. The molecule has 0 unspecified atom stereocenters. The van der Waals surface area contributed by atoms with Crippen molar-refractivity contribution in [1.82, 2.24) is 5.32 Å². The summed E-state index contributed by atoms with van der Waals surface area (Å²) < 4.78 is 0. The molecule has 0 bridgehead atoms. The average molecular weight is 294 g/mol. The third-order valence-corrected chi connectivity index (χ3v) is 2.67. The Kier molecular flexibility index (Phi) is 6.12. The van der Waals surface area contributed by atoms with Gasteiger partial charge in [-0.3, -0.25) is 19.7 Å². The molecule has 2 amide bonds. The van der Waals surface area contributed by atoms with Crippen molar-refractivity contribution in [3.05, 3.63) is 33.9 Å². The van der Waals surface area contributed by atoms with Gasteiger partial charge >= 0.3 is 0 Å². The lowest BCUT2D eigenvalue weighted by atomic mass is 10.1. The molecule has 114 valence electrons. The first-order chi connectivity index (χ1) is 9.95. The Morgan fingerprint density at radius 3 is 2.62 bits per heavy atom. The Morgan fingerprint density at radius 2 is 2.05 bits per heavy atom. The van der Waals surface area contributed by atoms with Gasteiger partial charge in [0.05, 0.1) is 4.92 Å². The molecule has 0 atom stereocenters. The summed E-state index contributed by atoms with van der Waals surface area (Å²) in [6, 6.07) is 4.25. The Bertz CT molecular complexity index is 545. The van der Waals surface area contributed by atoms with Gasteiger partial charge in [0.1, 0.15) is 5.56 Å². The number of hydrogen-bond donors (Lipinski definition) is 3. The summed E-state index contributed by atoms with van der Waals surface area (Å²) in [7, 11) is 0. The zero-order valence-corrected chi connectivity index (χ0v) is 11.7. The Labute approximate surface area is 121 Å². The molecule has 4 N–H and O–H groups in total. The normalized spacial score (nSPS) is 9.95. The first-order valence-corrected chi connectivity index (χ1v) is 6.54. The van der Waals surface area contributed by atoms with Crippen molar-refractivity contribution in [1.29, 1.82) is 0 Å². The highest BCUT2D eigenvalue weighted by Gasteiger charge is 2.20. The molecule has 0 radical (unpaired) electrons. The number of nitrogens with one attached hydrogen (secondary N) is 2. The third kappa shape index (κ3) is 5.09. The summed E-state index contributed by atoms with van der Waals surface area (Å²) in [5, 5.41) is 16.5. The van der Waals surface area contributed by atoms with Gasteiger partial charge in [-0.2, -0.15) is 0 Å². The molecule has 21 heavy (non-hydrogen) atoms. The minimum absolute atomic E-state index is 0.0205. The fourth-order valence-corrected chi connectivity index (χ4v) is 1.65. The number of nitro benzene ring substituents is 1. The molecular formula is C13H18N4O4. The van der Waals surface area contributed by atoms with E-state index in [1.54, 1.807) is 6.07 Å². The summed E-state index contributed by atoms with van der Waals surface area (Å²) in [6.07, 6.45) is 0.866. The van der Waals surface area contributed by atoms with E-state index in [4.69, 9.17) is 5.73 Å². The van der Waals surface area contributed by atoms with Gasteiger partial charge in [0, 0.05) is 31.3 Å². The van der Waals surface area contributed by atoms with Crippen molar-refractivity contribution in [3.63, 3.8) is 0 Å². The average Bonchev–Trinajstić information content (AvgIpc) is 2.44. The molecule has 0 heterocycles. The third-order valence-electron chi connectivity index (χ3n) is 2.67. The number of rotatable bonds is 8. The van der Waals surface area contributed by atoms with Gasteiger partial charge < -0.3 is 16.4 Å². The number of hydrogen-bond acceptors (Lipinski definition) is 5. The molecule has 0 aliphatic heterocycles. The van der Waals surface area contributed by atoms with Crippen LogP contribution in [0.3, 0.4) is 0 Å². The minimum atomic E-state index is -0.618. The van der Waals surface area contributed by atoms with Crippen LogP contribution in [0.25, 0.3) is 0 Å². The van der Waals surface area contributed by atoms with E-state index in [1.807, 2.05) is 6.92 Å². The summed E-state index contributed by atoms with van der Waals surface area (Å²) in [6.45, 7) is 2.72. The van der Waals surface area contributed by atoms with Crippen LogP contribution >= 0.6 is 0 Å².